The van der Waals surface area contributed by atoms with Gasteiger partial charge in [0.2, 0.25) is 5.91 Å². The number of hydrogen-bond acceptors (Lipinski definition) is 7. The number of thioether (sulfide) groups is 1. The predicted octanol–water partition coefficient (Wildman–Crippen LogP) is 3.07. The van der Waals surface area contributed by atoms with Crippen LogP contribution in [0.2, 0.25) is 0 Å². The van der Waals surface area contributed by atoms with Gasteiger partial charge >= 0.3 is 0 Å². The maximum absolute atomic E-state index is 12.0. The molecule has 2 aromatic rings. The van der Waals surface area contributed by atoms with Gasteiger partial charge in [-0.3, -0.25) is 4.79 Å². The lowest BCUT2D eigenvalue weighted by molar-refractivity contribution is -0.118. The molecule has 0 bridgehead atoms. The van der Waals surface area contributed by atoms with Crippen molar-refractivity contribution in [2.24, 2.45) is 5.92 Å². The normalized spacial score (nSPS) is 14.1. The lowest BCUT2D eigenvalue weighted by atomic mass is 10.1. The first-order chi connectivity index (χ1) is 14.5. The summed E-state index contributed by atoms with van der Waals surface area (Å²) in [6, 6.07) is 10.2. The molecular weight excluding hydrogens is 398 g/mol. The Labute approximate surface area is 183 Å². The van der Waals surface area contributed by atoms with Gasteiger partial charge in [0.05, 0.1) is 12.9 Å². The number of hydrogen-bond donors (Lipinski definition) is 1. The zero-order valence-corrected chi connectivity index (χ0v) is 18.8. The van der Waals surface area contributed by atoms with Gasteiger partial charge in [-0.1, -0.05) is 25.6 Å². The largest absolute Gasteiger partial charge is 0.497 e. The number of ether oxygens (including phenoxy) is 1. The maximum Gasteiger partial charge on any atom is 0.230 e. The van der Waals surface area contributed by atoms with Gasteiger partial charge in [0.15, 0.2) is 0 Å². The van der Waals surface area contributed by atoms with Crippen molar-refractivity contribution in [3.63, 3.8) is 0 Å². The van der Waals surface area contributed by atoms with Gasteiger partial charge in [0.25, 0.3) is 0 Å². The number of piperazine rings is 1. The van der Waals surface area contributed by atoms with Crippen LogP contribution in [0.3, 0.4) is 0 Å². The molecule has 1 aliphatic heterocycles. The Morgan fingerprint density at radius 3 is 2.50 bits per heavy atom. The molecule has 1 aliphatic rings. The quantitative estimate of drug-likeness (QED) is 0.485. The molecule has 8 heteroatoms. The maximum atomic E-state index is 12.0. The summed E-state index contributed by atoms with van der Waals surface area (Å²) in [5.74, 6) is 2.81. The van der Waals surface area contributed by atoms with E-state index in [2.05, 4.69) is 51.1 Å². The van der Waals surface area contributed by atoms with Gasteiger partial charge in [0.1, 0.15) is 22.9 Å². The smallest absolute Gasteiger partial charge is 0.230 e. The average Bonchev–Trinajstić information content (AvgIpc) is 2.78. The summed E-state index contributed by atoms with van der Waals surface area (Å²) in [6.07, 6.45) is 2.58. The van der Waals surface area contributed by atoms with E-state index in [1.54, 1.807) is 13.4 Å². The molecule has 7 nitrogen and oxygen atoms in total. The van der Waals surface area contributed by atoms with Gasteiger partial charge in [-0.15, -0.1) is 0 Å². The van der Waals surface area contributed by atoms with Crippen LogP contribution in [0.5, 0.6) is 5.75 Å². The fourth-order valence-electron chi connectivity index (χ4n) is 3.26. The van der Waals surface area contributed by atoms with Crippen molar-refractivity contribution in [2.45, 2.75) is 25.3 Å². The second-order valence-corrected chi connectivity index (χ2v) is 8.70. The molecule has 0 unspecified atom stereocenters. The standard InChI is InChI=1S/C22H31N5O2S/c1-17(2)8-9-23-21(28)15-30-22-14-20(24-16-25-22)27-12-10-26(11-13-27)18-4-6-19(29-3)7-5-18/h4-7,14,16-17H,8-13,15H2,1-3H3,(H,23,28). The minimum absolute atomic E-state index is 0.0499. The van der Waals surface area contributed by atoms with Crippen molar-refractivity contribution in [1.82, 2.24) is 15.3 Å². The fourth-order valence-corrected chi connectivity index (χ4v) is 3.95. The molecule has 1 amide bonds. The van der Waals surface area contributed by atoms with E-state index in [1.165, 1.54) is 17.4 Å². The third kappa shape index (κ3) is 6.52. The summed E-state index contributed by atoms with van der Waals surface area (Å²) >= 11 is 1.45. The van der Waals surface area contributed by atoms with Crippen molar-refractivity contribution >= 4 is 29.2 Å². The Morgan fingerprint density at radius 1 is 1.13 bits per heavy atom. The molecule has 3 rings (SSSR count). The highest BCUT2D eigenvalue weighted by molar-refractivity contribution is 7.99. The fraction of sp³-hybridized carbons (Fsp3) is 0.500. The Balaban J connectivity index is 1.48. The highest BCUT2D eigenvalue weighted by Gasteiger charge is 2.19. The number of nitrogens with zero attached hydrogens (tertiary/aromatic N) is 4. The van der Waals surface area contributed by atoms with E-state index in [-0.39, 0.29) is 5.91 Å². The van der Waals surface area contributed by atoms with Crippen molar-refractivity contribution < 1.29 is 9.53 Å². The minimum atomic E-state index is 0.0499. The third-order valence-corrected chi connectivity index (χ3v) is 5.99. The lowest BCUT2D eigenvalue weighted by Crippen LogP contribution is -2.46. The number of carbonyl (C=O) groups is 1. The summed E-state index contributed by atoms with van der Waals surface area (Å²) in [5.41, 5.74) is 1.21. The number of methoxy groups -OCH3 is 1. The molecule has 2 heterocycles. The molecule has 1 saturated heterocycles. The van der Waals surface area contributed by atoms with Crippen LogP contribution in [0.15, 0.2) is 41.7 Å². The van der Waals surface area contributed by atoms with Crippen molar-refractivity contribution in [2.75, 3.05) is 55.4 Å². The SMILES string of the molecule is COc1ccc(N2CCN(c3cc(SCC(=O)NCCC(C)C)ncn3)CC2)cc1. The Morgan fingerprint density at radius 2 is 1.83 bits per heavy atom. The molecule has 1 N–H and O–H groups in total. The molecular formula is C22H31N5O2S. The van der Waals surface area contributed by atoms with Crippen LogP contribution in [0, 0.1) is 5.92 Å². The first-order valence-electron chi connectivity index (χ1n) is 10.4. The number of aromatic nitrogens is 2. The lowest BCUT2D eigenvalue weighted by Gasteiger charge is -2.36. The number of anilines is 2. The minimum Gasteiger partial charge on any atom is -0.497 e. The summed E-state index contributed by atoms with van der Waals surface area (Å²) in [7, 11) is 1.68. The van der Waals surface area contributed by atoms with Crippen LogP contribution in [-0.4, -0.2) is 61.5 Å². The van der Waals surface area contributed by atoms with Gasteiger partial charge in [-0.25, -0.2) is 9.97 Å². The highest BCUT2D eigenvalue weighted by atomic mass is 32.2. The average molecular weight is 430 g/mol. The molecule has 0 aliphatic carbocycles. The van der Waals surface area contributed by atoms with Gasteiger partial charge < -0.3 is 19.9 Å². The van der Waals surface area contributed by atoms with Gasteiger partial charge in [0, 0.05) is 44.5 Å². The summed E-state index contributed by atoms with van der Waals surface area (Å²) in [6.45, 7) is 8.67. The van der Waals surface area contributed by atoms with E-state index in [0.717, 1.165) is 55.7 Å². The van der Waals surface area contributed by atoms with Crippen molar-refractivity contribution in [3.8, 4) is 5.75 Å². The predicted molar refractivity (Wildman–Crippen MR) is 123 cm³/mol. The molecule has 0 saturated carbocycles. The van der Waals surface area contributed by atoms with Crippen LogP contribution in [0.4, 0.5) is 11.5 Å². The van der Waals surface area contributed by atoms with E-state index in [1.807, 2.05) is 18.2 Å². The van der Waals surface area contributed by atoms with E-state index < -0.39 is 0 Å². The number of rotatable bonds is 9. The number of nitrogens with one attached hydrogen (secondary N) is 1. The molecule has 0 spiro atoms. The van der Waals surface area contributed by atoms with E-state index in [0.29, 0.717) is 11.7 Å². The zero-order chi connectivity index (χ0) is 21.3. The molecule has 0 radical (unpaired) electrons. The Bertz CT molecular complexity index is 807. The second-order valence-electron chi connectivity index (χ2n) is 7.71. The van der Waals surface area contributed by atoms with Crippen LogP contribution < -0.4 is 19.9 Å². The van der Waals surface area contributed by atoms with Crippen molar-refractivity contribution in [3.05, 3.63) is 36.7 Å². The zero-order valence-electron chi connectivity index (χ0n) is 18.0. The van der Waals surface area contributed by atoms with Gasteiger partial charge in [-0.05, 0) is 36.6 Å². The topological polar surface area (TPSA) is 70.6 Å². The van der Waals surface area contributed by atoms with Crippen LogP contribution in [-0.2, 0) is 4.79 Å². The van der Waals surface area contributed by atoms with Crippen LogP contribution in [0.25, 0.3) is 0 Å². The van der Waals surface area contributed by atoms with E-state index >= 15 is 0 Å². The summed E-state index contributed by atoms with van der Waals surface area (Å²) in [4.78, 5) is 25.4. The number of amides is 1. The second kappa shape index (κ2) is 11.1. The first-order valence-corrected chi connectivity index (χ1v) is 11.4. The molecule has 0 atom stereocenters. The molecule has 1 fully saturated rings. The number of benzene rings is 1. The van der Waals surface area contributed by atoms with Crippen molar-refractivity contribution in [1.29, 1.82) is 0 Å². The summed E-state index contributed by atoms with van der Waals surface area (Å²) in [5, 5.41) is 3.79. The van der Waals surface area contributed by atoms with Crippen LogP contribution in [0.1, 0.15) is 20.3 Å². The molecule has 1 aromatic heterocycles. The van der Waals surface area contributed by atoms with Crippen LogP contribution >= 0.6 is 11.8 Å². The number of carbonyl (C=O) groups excluding carboxylic acids is 1. The molecule has 30 heavy (non-hydrogen) atoms. The third-order valence-electron chi connectivity index (χ3n) is 5.06. The van der Waals surface area contributed by atoms with E-state index in [9.17, 15) is 4.79 Å². The van der Waals surface area contributed by atoms with Gasteiger partial charge in [-0.2, -0.15) is 0 Å². The van der Waals surface area contributed by atoms with E-state index in [4.69, 9.17) is 4.74 Å². The molecule has 162 valence electrons. The monoisotopic (exact) mass is 429 g/mol. The Kier molecular flexibility index (Phi) is 8.19. The first kappa shape index (κ1) is 22.2. The highest BCUT2D eigenvalue weighted by Crippen LogP contribution is 2.24. The molecule has 1 aromatic carbocycles. The summed E-state index contributed by atoms with van der Waals surface area (Å²) < 4.78 is 5.24. The Hall–Kier alpha value is -2.48.